The van der Waals surface area contributed by atoms with Gasteiger partial charge in [-0.15, -0.1) is 0 Å². The number of benzene rings is 2. The lowest BCUT2D eigenvalue weighted by Gasteiger charge is -2.27. The molecule has 0 amide bonds. The average molecular weight is 458 g/mol. The molecule has 5 rings (SSSR count). The molecule has 0 atom stereocenters. The van der Waals surface area contributed by atoms with Gasteiger partial charge in [0.1, 0.15) is 0 Å². The summed E-state index contributed by atoms with van der Waals surface area (Å²) in [4.78, 5) is 11.4. The third-order valence-electron chi connectivity index (χ3n) is 5.42. The minimum absolute atomic E-state index is 0.855. The molecular weight excluding hydrogens is 437 g/mol. The summed E-state index contributed by atoms with van der Waals surface area (Å²) in [6, 6.07) is 16.8. The molecular formula is C23H21F3N4O3. The Balaban J connectivity index is 0.000000325. The van der Waals surface area contributed by atoms with Crippen LogP contribution in [0.5, 0.6) is 0 Å². The number of fused-ring (bicyclic) bond motifs is 2. The van der Waals surface area contributed by atoms with E-state index in [4.69, 9.17) is 14.4 Å². The van der Waals surface area contributed by atoms with Crippen molar-refractivity contribution < 1.29 is 27.6 Å². The number of aliphatic carboxylic acids is 1. The molecule has 0 bridgehead atoms. The molecule has 0 unspecified atom stereocenters. The fourth-order valence-corrected chi connectivity index (χ4v) is 3.78. The van der Waals surface area contributed by atoms with Gasteiger partial charge in [0.25, 0.3) is 0 Å². The number of nitrogens with one attached hydrogen (secondary N) is 1. The van der Waals surface area contributed by atoms with Crippen molar-refractivity contribution in [1.82, 2.24) is 20.3 Å². The van der Waals surface area contributed by atoms with Crippen molar-refractivity contribution in [1.29, 1.82) is 0 Å². The van der Waals surface area contributed by atoms with Gasteiger partial charge in [0, 0.05) is 48.3 Å². The van der Waals surface area contributed by atoms with Gasteiger partial charge in [0.15, 0.2) is 5.58 Å². The molecule has 2 N–H and O–H groups in total. The second-order valence-corrected chi connectivity index (χ2v) is 7.76. The highest BCUT2D eigenvalue weighted by molar-refractivity contribution is 5.79. The van der Waals surface area contributed by atoms with E-state index in [0.717, 1.165) is 48.4 Å². The Morgan fingerprint density at radius 1 is 1.21 bits per heavy atom. The van der Waals surface area contributed by atoms with Crippen LogP contribution < -0.4 is 0 Å². The van der Waals surface area contributed by atoms with Crippen molar-refractivity contribution in [3.8, 4) is 11.3 Å². The number of aromatic nitrogens is 3. The summed E-state index contributed by atoms with van der Waals surface area (Å²) in [6.07, 6.45) is -4.08. The van der Waals surface area contributed by atoms with Crippen molar-refractivity contribution in [3.05, 3.63) is 71.0 Å². The monoisotopic (exact) mass is 458 g/mol. The Labute approximate surface area is 186 Å². The molecule has 0 radical (unpaired) electrons. The topological polar surface area (TPSA) is 95.3 Å². The smallest absolute Gasteiger partial charge is 0.475 e. The van der Waals surface area contributed by atoms with Crippen molar-refractivity contribution in [2.45, 2.75) is 32.6 Å². The quantitative estimate of drug-likeness (QED) is 0.461. The van der Waals surface area contributed by atoms with E-state index in [1.165, 1.54) is 22.4 Å². The van der Waals surface area contributed by atoms with Gasteiger partial charge in [0.05, 0.1) is 11.4 Å². The van der Waals surface area contributed by atoms with Crippen LogP contribution in [-0.2, 0) is 24.3 Å². The molecule has 1 aliphatic heterocycles. The first-order valence-electron chi connectivity index (χ1n) is 10.2. The van der Waals surface area contributed by atoms with E-state index in [1.807, 2.05) is 19.1 Å². The molecule has 2 aromatic heterocycles. The summed E-state index contributed by atoms with van der Waals surface area (Å²) in [6.45, 7) is 4.85. The van der Waals surface area contributed by atoms with Gasteiger partial charge < -0.3 is 9.63 Å². The van der Waals surface area contributed by atoms with Crippen LogP contribution >= 0.6 is 0 Å². The number of aryl methyl sites for hydroxylation is 1. The number of alkyl halides is 3. The number of halogens is 3. The van der Waals surface area contributed by atoms with E-state index >= 15 is 0 Å². The molecule has 33 heavy (non-hydrogen) atoms. The van der Waals surface area contributed by atoms with Crippen molar-refractivity contribution in [2.75, 3.05) is 6.54 Å². The zero-order chi connectivity index (χ0) is 23.6. The molecule has 4 aromatic rings. The maximum absolute atomic E-state index is 10.6. The Morgan fingerprint density at radius 3 is 2.64 bits per heavy atom. The van der Waals surface area contributed by atoms with Gasteiger partial charge in [-0.3, -0.25) is 10.00 Å². The number of carboxylic acids is 1. The molecule has 172 valence electrons. The normalized spacial score (nSPS) is 13.9. The van der Waals surface area contributed by atoms with E-state index in [9.17, 15) is 13.2 Å². The summed E-state index contributed by atoms with van der Waals surface area (Å²) in [5, 5.41) is 20.1. The van der Waals surface area contributed by atoms with Crippen LogP contribution in [0.4, 0.5) is 13.2 Å². The molecule has 0 fully saturated rings. The van der Waals surface area contributed by atoms with Gasteiger partial charge in [-0.05, 0) is 24.6 Å². The van der Waals surface area contributed by atoms with Gasteiger partial charge in [-0.1, -0.05) is 41.6 Å². The maximum Gasteiger partial charge on any atom is 0.490 e. The summed E-state index contributed by atoms with van der Waals surface area (Å²) in [7, 11) is 0. The van der Waals surface area contributed by atoms with Crippen LogP contribution in [0, 0.1) is 6.92 Å². The number of carbonyl (C=O) groups is 1. The number of nitrogens with zero attached hydrogens (tertiary/aromatic N) is 3. The molecule has 10 heteroatoms. The summed E-state index contributed by atoms with van der Waals surface area (Å²) in [5.74, 6) is -2.76. The minimum Gasteiger partial charge on any atom is -0.475 e. The van der Waals surface area contributed by atoms with E-state index in [-0.39, 0.29) is 0 Å². The maximum atomic E-state index is 10.6. The summed E-state index contributed by atoms with van der Waals surface area (Å²) < 4.78 is 37.1. The highest BCUT2D eigenvalue weighted by Gasteiger charge is 2.38. The van der Waals surface area contributed by atoms with Crippen molar-refractivity contribution >= 4 is 16.9 Å². The Hall–Kier alpha value is -3.66. The number of carboxylic acid groups (broad SMARTS) is 1. The number of aromatic amines is 1. The van der Waals surface area contributed by atoms with E-state index < -0.39 is 12.1 Å². The second-order valence-electron chi connectivity index (χ2n) is 7.76. The van der Waals surface area contributed by atoms with Crippen LogP contribution in [0.1, 0.15) is 22.5 Å². The lowest BCUT2D eigenvalue weighted by Crippen LogP contribution is -2.30. The summed E-state index contributed by atoms with van der Waals surface area (Å²) in [5.41, 5.74) is 7.94. The fourth-order valence-electron chi connectivity index (χ4n) is 3.78. The third kappa shape index (κ3) is 5.06. The SMILES string of the molecule is Cc1noc2ccc(CN3CCc4[nH]nc(-c5ccccc5)c4C3)cc12.O=C(O)C(F)(F)F. The molecule has 0 spiro atoms. The zero-order valence-electron chi connectivity index (χ0n) is 17.7. The molecule has 7 nitrogen and oxygen atoms in total. The minimum atomic E-state index is -5.08. The third-order valence-corrected chi connectivity index (χ3v) is 5.42. The van der Waals surface area contributed by atoms with Crippen LogP contribution in [0.3, 0.4) is 0 Å². The Morgan fingerprint density at radius 2 is 1.94 bits per heavy atom. The predicted octanol–water partition coefficient (Wildman–Crippen LogP) is 4.72. The first kappa shape index (κ1) is 22.5. The fraction of sp³-hybridized carbons (Fsp3) is 0.261. The van der Waals surface area contributed by atoms with Crippen LogP contribution in [0.2, 0.25) is 0 Å². The molecule has 0 saturated carbocycles. The number of hydrogen-bond donors (Lipinski definition) is 2. The van der Waals surface area contributed by atoms with E-state index in [2.05, 4.69) is 56.7 Å². The summed E-state index contributed by atoms with van der Waals surface area (Å²) >= 11 is 0. The molecule has 2 aromatic carbocycles. The second kappa shape index (κ2) is 9.07. The van der Waals surface area contributed by atoms with Gasteiger partial charge >= 0.3 is 12.1 Å². The van der Waals surface area contributed by atoms with Gasteiger partial charge in [-0.2, -0.15) is 18.3 Å². The molecule has 0 saturated heterocycles. The lowest BCUT2D eigenvalue weighted by molar-refractivity contribution is -0.192. The van der Waals surface area contributed by atoms with E-state index in [0.29, 0.717) is 0 Å². The number of rotatable bonds is 3. The van der Waals surface area contributed by atoms with Gasteiger partial charge in [-0.25, -0.2) is 4.79 Å². The highest BCUT2D eigenvalue weighted by atomic mass is 19.4. The largest absolute Gasteiger partial charge is 0.490 e. The van der Waals surface area contributed by atoms with Crippen molar-refractivity contribution in [3.63, 3.8) is 0 Å². The first-order valence-corrected chi connectivity index (χ1v) is 10.2. The van der Waals surface area contributed by atoms with Crippen LogP contribution in [0.15, 0.2) is 53.1 Å². The first-order chi connectivity index (χ1) is 15.7. The molecule has 3 heterocycles. The standard InChI is InChI=1S/C21H20N4O.C2HF3O2/c1-14-17-11-15(7-8-20(17)26-24-14)12-25-10-9-19-18(13-25)21(23-22-19)16-5-3-2-4-6-16;3-2(4,5)1(6)7/h2-8,11H,9-10,12-13H2,1H3,(H,22,23);(H,6,7). The number of hydrogen-bond acceptors (Lipinski definition) is 5. The Kier molecular flexibility index (Phi) is 6.19. The lowest BCUT2D eigenvalue weighted by atomic mass is 10.0. The average Bonchev–Trinajstić information content (AvgIpc) is 3.37. The van der Waals surface area contributed by atoms with Crippen LogP contribution in [0.25, 0.3) is 22.2 Å². The number of H-pyrrole nitrogens is 1. The molecule has 0 aliphatic carbocycles. The van der Waals surface area contributed by atoms with Gasteiger partial charge in [0.2, 0.25) is 0 Å². The van der Waals surface area contributed by atoms with Crippen molar-refractivity contribution in [2.24, 2.45) is 0 Å². The Bertz CT molecular complexity index is 1270. The molecule has 1 aliphatic rings. The van der Waals surface area contributed by atoms with Crippen LogP contribution in [-0.4, -0.2) is 44.1 Å². The zero-order valence-corrected chi connectivity index (χ0v) is 17.7. The highest BCUT2D eigenvalue weighted by Crippen LogP contribution is 2.29. The van der Waals surface area contributed by atoms with E-state index in [1.54, 1.807) is 0 Å². The predicted molar refractivity (Wildman–Crippen MR) is 114 cm³/mol.